The fourth-order valence-corrected chi connectivity index (χ4v) is 3.30. The summed E-state index contributed by atoms with van der Waals surface area (Å²) in [4.78, 5) is 24.4. The summed E-state index contributed by atoms with van der Waals surface area (Å²) in [5.74, 6) is -0.573. The summed E-state index contributed by atoms with van der Waals surface area (Å²) in [6.45, 7) is 5.02. The number of carbonyl (C=O) groups is 2. The van der Waals surface area contributed by atoms with E-state index in [0.717, 1.165) is 19.3 Å². The number of esters is 1. The molecule has 0 saturated heterocycles. The number of unbranched alkanes of at least 4 members (excludes halogenated alkanes) is 10. The molecule has 1 atom stereocenters. The van der Waals surface area contributed by atoms with Crippen molar-refractivity contribution < 1.29 is 14.3 Å². The first kappa shape index (κ1) is 28.2. The molecule has 5 N–H and O–H groups in total. The maximum Gasteiger partial charge on any atom is 0.328 e. The van der Waals surface area contributed by atoms with E-state index in [9.17, 15) is 9.59 Å². The average molecular weight is 427 g/mol. The summed E-state index contributed by atoms with van der Waals surface area (Å²) < 4.78 is 5.20. The second-order valence-electron chi connectivity index (χ2n) is 8.06. The van der Waals surface area contributed by atoms with Gasteiger partial charge < -0.3 is 21.1 Å². The number of ether oxygens (including phenoxy) is 1. The van der Waals surface area contributed by atoms with Crippen LogP contribution in [0.1, 0.15) is 110 Å². The molecule has 1 amide bonds. The Morgan fingerprint density at radius 3 is 1.97 bits per heavy atom. The summed E-state index contributed by atoms with van der Waals surface area (Å²) in [5.41, 5.74) is 5.26. The molecule has 0 radical (unpaired) electrons. The Balaban J connectivity index is 3.94. The predicted octanol–water partition coefficient (Wildman–Crippen LogP) is 4.39. The van der Waals surface area contributed by atoms with E-state index in [2.05, 4.69) is 17.6 Å². The number of hydrogen-bond acceptors (Lipinski definition) is 4. The highest BCUT2D eigenvalue weighted by atomic mass is 16.5. The van der Waals surface area contributed by atoms with Crippen LogP contribution in [-0.4, -0.2) is 37.0 Å². The minimum atomic E-state index is -0.634. The van der Waals surface area contributed by atoms with Crippen LogP contribution in [0.15, 0.2) is 0 Å². The molecule has 0 aromatic heterocycles. The van der Waals surface area contributed by atoms with E-state index in [-0.39, 0.29) is 17.8 Å². The molecule has 176 valence electrons. The molecule has 0 saturated carbocycles. The molecule has 0 aromatic rings. The number of guanidine groups is 1. The van der Waals surface area contributed by atoms with Crippen LogP contribution >= 0.6 is 0 Å². The van der Waals surface area contributed by atoms with Gasteiger partial charge in [-0.3, -0.25) is 10.2 Å². The Kier molecular flexibility index (Phi) is 19.3. The van der Waals surface area contributed by atoms with Crippen molar-refractivity contribution in [2.24, 2.45) is 5.73 Å². The van der Waals surface area contributed by atoms with E-state index >= 15 is 0 Å². The van der Waals surface area contributed by atoms with Crippen molar-refractivity contribution in [2.45, 2.75) is 116 Å². The summed E-state index contributed by atoms with van der Waals surface area (Å²) in [6.07, 6.45) is 15.9. The van der Waals surface area contributed by atoms with Gasteiger partial charge in [-0.2, -0.15) is 0 Å². The van der Waals surface area contributed by atoms with Gasteiger partial charge in [0.15, 0.2) is 5.96 Å². The SMILES string of the molecule is CCCCCCCCCCCCCC(=O)N[C@@H](CCCNC(=N)N)C(=O)OCCC. The Labute approximate surface area is 183 Å². The van der Waals surface area contributed by atoms with E-state index in [1.165, 1.54) is 57.8 Å². The zero-order valence-electron chi connectivity index (χ0n) is 19.4. The zero-order valence-corrected chi connectivity index (χ0v) is 19.4. The fraction of sp³-hybridized carbons (Fsp3) is 0.870. The number of nitrogens with one attached hydrogen (secondary N) is 3. The first-order valence-corrected chi connectivity index (χ1v) is 12.0. The first-order chi connectivity index (χ1) is 14.5. The quantitative estimate of drug-likeness (QED) is 0.0997. The Morgan fingerprint density at radius 2 is 1.43 bits per heavy atom. The van der Waals surface area contributed by atoms with Crippen molar-refractivity contribution in [1.29, 1.82) is 5.41 Å². The Morgan fingerprint density at radius 1 is 0.867 bits per heavy atom. The highest BCUT2D eigenvalue weighted by Crippen LogP contribution is 2.12. The van der Waals surface area contributed by atoms with Crippen molar-refractivity contribution in [3.8, 4) is 0 Å². The van der Waals surface area contributed by atoms with Gasteiger partial charge >= 0.3 is 5.97 Å². The topological polar surface area (TPSA) is 117 Å². The van der Waals surface area contributed by atoms with Crippen LogP contribution in [0.25, 0.3) is 0 Å². The number of amides is 1. The van der Waals surface area contributed by atoms with Gasteiger partial charge in [-0.25, -0.2) is 4.79 Å². The second-order valence-corrected chi connectivity index (χ2v) is 8.06. The van der Waals surface area contributed by atoms with Gasteiger partial charge in [0.25, 0.3) is 0 Å². The average Bonchev–Trinajstić information content (AvgIpc) is 2.72. The Bertz CT molecular complexity index is 458. The highest BCUT2D eigenvalue weighted by Gasteiger charge is 2.21. The maximum atomic E-state index is 12.2. The molecule has 0 aliphatic rings. The lowest BCUT2D eigenvalue weighted by atomic mass is 10.0. The van der Waals surface area contributed by atoms with Gasteiger partial charge in [-0.05, 0) is 25.7 Å². The minimum Gasteiger partial charge on any atom is -0.464 e. The molecular weight excluding hydrogens is 380 g/mol. The zero-order chi connectivity index (χ0) is 22.5. The largest absolute Gasteiger partial charge is 0.464 e. The number of rotatable bonds is 20. The van der Waals surface area contributed by atoms with Crippen LogP contribution in [0.2, 0.25) is 0 Å². The van der Waals surface area contributed by atoms with Crippen molar-refractivity contribution >= 4 is 17.8 Å². The molecular formula is C23H46N4O3. The van der Waals surface area contributed by atoms with Gasteiger partial charge in [0, 0.05) is 13.0 Å². The number of hydrogen-bond donors (Lipinski definition) is 4. The van der Waals surface area contributed by atoms with Crippen molar-refractivity contribution in [3.05, 3.63) is 0 Å². The molecule has 30 heavy (non-hydrogen) atoms. The van der Waals surface area contributed by atoms with Crippen LogP contribution in [-0.2, 0) is 14.3 Å². The van der Waals surface area contributed by atoms with Crippen LogP contribution in [0.4, 0.5) is 0 Å². The van der Waals surface area contributed by atoms with Crippen LogP contribution in [0.5, 0.6) is 0 Å². The lowest BCUT2D eigenvalue weighted by Crippen LogP contribution is -2.42. The van der Waals surface area contributed by atoms with Gasteiger partial charge in [0.05, 0.1) is 6.61 Å². The molecule has 0 rings (SSSR count). The third-order valence-corrected chi connectivity index (χ3v) is 5.06. The van der Waals surface area contributed by atoms with E-state index in [4.69, 9.17) is 15.9 Å². The molecule has 7 nitrogen and oxygen atoms in total. The van der Waals surface area contributed by atoms with Gasteiger partial charge in [0.1, 0.15) is 6.04 Å². The molecule has 0 fully saturated rings. The molecule has 0 bridgehead atoms. The smallest absolute Gasteiger partial charge is 0.328 e. The molecule has 0 aliphatic heterocycles. The van der Waals surface area contributed by atoms with Crippen LogP contribution in [0.3, 0.4) is 0 Å². The molecule has 0 heterocycles. The Hall–Kier alpha value is -1.79. The molecule has 0 spiro atoms. The van der Waals surface area contributed by atoms with Crippen molar-refractivity contribution in [3.63, 3.8) is 0 Å². The minimum absolute atomic E-state index is 0.0936. The summed E-state index contributed by atoms with van der Waals surface area (Å²) in [7, 11) is 0. The fourth-order valence-electron chi connectivity index (χ4n) is 3.30. The molecule has 0 aliphatic carbocycles. The number of nitrogens with two attached hydrogens (primary N) is 1. The predicted molar refractivity (Wildman–Crippen MR) is 123 cm³/mol. The van der Waals surface area contributed by atoms with E-state index in [1.54, 1.807) is 0 Å². The lowest BCUT2D eigenvalue weighted by Gasteiger charge is -2.18. The van der Waals surface area contributed by atoms with Gasteiger partial charge in [-0.15, -0.1) is 0 Å². The van der Waals surface area contributed by atoms with E-state index in [1.807, 2.05) is 6.92 Å². The normalized spacial score (nSPS) is 11.7. The van der Waals surface area contributed by atoms with E-state index < -0.39 is 6.04 Å². The lowest BCUT2D eigenvalue weighted by molar-refractivity contribution is -0.148. The molecule has 7 heteroatoms. The standard InChI is InChI=1S/C23H46N4O3/c1-3-5-6-7-8-9-10-11-12-13-14-17-21(28)27-20(22(29)30-19-4-2)16-15-18-26-23(24)25/h20H,3-19H2,1-2H3,(H,27,28)(H4,24,25,26)/t20-/m0/s1. The summed E-state index contributed by atoms with van der Waals surface area (Å²) >= 11 is 0. The second kappa shape index (κ2) is 20.5. The first-order valence-electron chi connectivity index (χ1n) is 12.0. The monoisotopic (exact) mass is 426 g/mol. The highest BCUT2D eigenvalue weighted by molar-refractivity contribution is 5.84. The van der Waals surface area contributed by atoms with Gasteiger partial charge in [0.2, 0.25) is 5.91 Å². The maximum absolute atomic E-state index is 12.2. The van der Waals surface area contributed by atoms with Crippen molar-refractivity contribution in [2.75, 3.05) is 13.2 Å². The molecule has 0 aromatic carbocycles. The molecule has 0 unspecified atom stereocenters. The summed E-state index contributed by atoms with van der Waals surface area (Å²) in [5, 5.41) is 12.7. The number of carbonyl (C=O) groups excluding carboxylic acids is 2. The van der Waals surface area contributed by atoms with Gasteiger partial charge in [-0.1, -0.05) is 78.1 Å². The third kappa shape index (κ3) is 18.3. The van der Waals surface area contributed by atoms with Crippen LogP contribution < -0.4 is 16.4 Å². The van der Waals surface area contributed by atoms with E-state index in [0.29, 0.717) is 32.4 Å². The summed E-state index contributed by atoms with van der Waals surface area (Å²) in [6, 6.07) is -0.634. The van der Waals surface area contributed by atoms with Crippen LogP contribution in [0, 0.1) is 5.41 Å². The third-order valence-electron chi connectivity index (χ3n) is 5.06. The van der Waals surface area contributed by atoms with Crippen molar-refractivity contribution in [1.82, 2.24) is 10.6 Å².